The zero-order valence-corrected chi connectivity index (χ0v) is 16.3. The standard InChI is InChI=1S/C13H28N4O2S.HI/c1-4-11-5-7-12(8-6-11)17-13(14-2)15-9-10-16-20(3,18)19;/h11-12,16H,4-10H2,1-3H3,(H2,14,15,17);1H. The molecule has 0 amide bonds. The Hall–Kier alpha value is -0.0900. The van der Waals surface area contributed by atoms with Gasteiger partial charge < -0.3 is 10.6 Å². The van der Waals surface area contributed by atoms with Crippen LogP contribution in [0.4, 0.5) is 0 Å². The highest BCUT2D eigenvalue weighted by Crippen LogP contribution is 2.26. The molecule has 0 aromatic rings. The molecule has 0 atom stereocenters. The predicted octanol–water partition coefficient (Wildman–Crippen LogP) is 1.29. The van der Waals surface area contributed by atoms with Crippen molar-refractivity contribution in [2.24, 2.45) is 10.9 Å². The van der Waals surface area contributed by atoms with Crippen LogP contribution in [0.25, 0.3) is 0 Å². The second-order valence-corrected chi connectivity index (χ2v) is 7.27. The van der Waals surface area contributed by atoms with Crippen LogP contribution in [0, 0.1) is 5.92 Å². The minimum absolute atomic E-state index is 0. The van der Waals surface area contributed by atoms with Crippen molar-refractivity contribution >= 4 is 40.0 Å². The van der Waals surface area contributed by atoms with E-state index in [-0.39, 0.29) is 24.0 Å². The van der Waals surface area contributed by atoms with Gasteiger partial charge in [-0.2, -0.15) is 0 Å². The number of hydrogen-bond acceptors (Lipinski definition) is 3. The summed E-state index contributed by atoms with van der Waals surface area (Å²) in [6.07, 6.45) is 7.35. The van der Waals surface area contributed by atoms with Crippen LogP contribution in [0.5, 0.6) is 0 Å². The van der Waals surface area contributed by atoms with E-state index in [1.165, 1.54) is 32.1 Å². The van der Waals surface area contributed by atoms with Gasteiger partial charge in [0, 0.05) is 26.2 Å². The first-order valence-corrected chi connectivity index (χ1v) is 9.25. The minimum Gasteiger partial charge on any atom is -0.355 e. The molecule has 0 heterocycles. The van der Waals surface area contributed by atoms with Gasteiger partial charge >= 0.3 is 0 Å². The first-order chi connectivity index (χ1) is 9.44. The van der Waals surface area contributed by atoms with E-state index in [0.29, 0.717) is 19.1 Å². The monoisotopic (exact) mass is 432 g/mol. The molecule has 8 heteroatoms. The summed E-state index contributed by atoms with van der Waals surface area (Å²) in [6.45, 7) is 3.15. The fraction of sp³-hybridized carbons (Fsp3) is 0.923. The van der Waals surface area contributed by atoms with Gasteiger partial charge in [-0.05, 0) is 31.6 Å². The average Bonchev–Trinajstić information content (AvgIpc) is 2.42. The van der Waals surface area contributed by atoms with Crippen molar-refractivity contribution in [3.8, 4) is 0 Å². The highest BCUT2D eigenvalue weighted by Gasteiger charge is 2.20. The molecule has 1 saturated carbocycles. The first kappa shape index (κ1) is 20.9. The molecule has 1 fully saturated rings. The fourth-order valence-corrected chi connectivity index (χ4v) is 2.99. The Kier molecular flexibility index (Phi) is 10.6. The molecular weight excluding hydrogens is 403 g/mol. The number of halogens is 1. The smallest absolute Gasteiger partial charge is 0.208 e. The van der Waals surface area contributed by atoms with E-state index in [9.17, 15) is 8.42 Å². The van der Waals surface area contributed by atoms with Crippen molar-refractivity contribution in [1.29, 1.82) is 0 Å². The summed E-state index contributed by atoms with van der Waals surface area (Å²) in [7, 11) is -1.38. The summed E-state index contributed by atoms with van der Waals surface area (Å²) in [6, 6.07) is 0.479. The number of nitrogens with zero attached hydrogens (tertiary/aromatic N) is 1. The molecule has 0 aromatic carbocycles. The van der Waals surface area contributed by atoms with E-state index in [0.717, 1.165) is 18.1 Å². The second kappa shape index (κ2) is 10.6. The van der Waals surface area contributed by atoms with Gasteiger partial charge in [0.15, 0.2) is 5.96 Å². The molecule has 0 aliphatic heterocycles. The zero-order chi connectivity index (χ0) is 15.0. The lowest BCUT2D eigenvalue weighted by molar-refractivity contribution is 0.304. The lowest BCUT2D eigenvalue weighted by atomic mass is 9.84. The summed E-state index contributed by atoms with van der Waals surface area (Å²) < 4.78 is 24.3. The summed E-state index contributed by atoms with van der Waals surface area (Å²) in [5, 5.41) is 6.54. The zero-order valence-electron chi connectivity index (χ0n) is 13.2. The third-order valence-corrected chi connectivity index (χ3v) is 4.50. The van der Waals surface area contributed by atoms with Crippen molar-refractivity contribution in [3.05, 3.63) is 0 Å². The number of hydrogen-bond donors (Lipinski definition) is 3. The van der Waals surface area contributed by atoms with Crippen LogP contribution in [0.2, 0.25) is 0 Å². The van der Waals surface area contributed by atoms with Gasteiger partial charge in [0.1, 0.15) is 0 Å². The van der Waals surface area contributed by atoms with E-state index in [1.54, 1.807) is 7.05 Å². The number of rotatable bonds is 6. The van der Waals surface area contributed by atoms with Crippen molar-refractivity contribution in [3.63, 3.8) is 0 Å². The van der Waals surface area contributed by atoms with Crippen LogP contribution in [-0.2, 0) is 10.0 Å². The molecule has 0 bridgehead atoms. The largest absolute Gasteiger partial charge is 0.355 e. The van der Waals surface area contributed by atoms with Gasteiger partial charge in [-0.25, -0.2) is 13.1 Å². The Morgan fingerprint density at radius 2 is 1.81 bits per heavy atom. The number of sulfonamides is 1. The van der Waals surface area contributed by atoms with Crippen LogP contribution in [-0.4, -0.2) is 46.8 Å². The Labute approximate surface area is 146 Å². The summed E-state index contributed by atoms with van der Waals surface area (Å²) in [5.41, 5.74) is 0. The highest BCUT2D eigenvalue weighted by atomic mass is 127. The van der Waals surface area contributed by atoms with Crippen molar-refractivity contribution < 1.29 is 8.42 Å². The summed E-state index contributed by atoms with van der Waals surface area (Å²) >= 11 is 0. The van der Waals surface area contributed by atoms with E-state index >= 15 is 0 Å². The maximum atomic E-state index is 10.9. The molecule has 126 valence electrons. The summed E-state index contributed by atoms with van der Waals surface area (Å²) in [4.78, 5) is 4.17. The third kappa shape index (κ3) is 9.51. The number of guanidine groups is 1. The van der Waals surface area contributed by atoms with Gasteiger partial charge in [0.2, 0.25) is 10.0 Å². The fourth-order valence-electron chi connectivity index (χ4n) is 2.52. The molecule has 0 radical (unpaired) electrons. The van der Waals surface area contributed by atoms with Crippen molar-refractivity contribution in [2.45, 2.75) is 45.1 Å². The maximum absolute atomic E-state index is 10.9. The lowest BCUT2D eigenvalue weighted by Gasteiger charge is -2.29. The minimum atomic E-state index is -3.12. The highest BCUT2D eigenvalue weighted by molar-refractivity contribution is 14.0. The van der Waals surface area contributed by atoms with Gasteiger partial charge in [-0.15, -0.1) is 24.0 Å². The molecule has 0 saturated heterocycles. The van der Waals surface area contributed by atoms with Crippen LogP contribution < -0.4 is 15.4 Å². The molecule has 0 spiro atoms. The molecule has 1 aliphatic rings. The van der Waals surface area contributed by atoms with E-state index in [4.69, 9.17) is 0 Å². The Balaban J connectivity index is 0.00000400. The Bertz CT molecular complexity index is 406. The molecule has 0 aromatic heterocycles. The molecule has 21 heavy (non-hydrogen) atoms. The average molecular weight is 432 g/mol. The molecule has 1 rings (SSSR count). The first-order valence-electron chi connectivity index (χ1n) is 7.36. The normalized spacial score (nSPS) is 23.3. The van der Waals surface area contributed by atoms with Crippen LogP contribution >= 0.6 is 24.0 Å². The predicted molar refractivity (Wildman–Crippen MR) is 98.8 cm³/mol. The Morgan fingerprint density at radius 3 is 2.29 bits per heavy atom. The third-order valence-electron chi connectivity index (χ3n) is 3.77. The van der Waals surface area contributed by atoms with Crippen LogP contribution in [0.1, 0.15) is 39.0 Å². The quantitative estimate of drug-likeness (QED) is 0.256. The van der Waals surface area contributed by atoms with Gasteiger partial charge in [0.05, 0.1) is 6.26 Å². The van der Waals surface area contributed by atoms with Gasteiger partial charge in [0.25, 0.3) is 0 Å². The molecule has 1 aliphatic carbocycles. The van der Waals surface area contributed by atoms with Gasteiger partial charge in [-0.3, -0.25) is 4.99 Å². The number of aliphatic imine (C=N–C) groups is 1. The summed E-state index contributed by atoms with van der Waals surface area (Å²) in [5.74, 6) is 1.63. The van der Waals surface area contributed by atoms with Crippen molar-refractivity contribution in [1.82, 2.24) is 15.4 Å². The SMILES string of the molecule is CCC1CCC(NC(=NC)NCCNS(C)(=O)=O)CC1.I. The van der Waals surface area contributed by atoms with Crippen molar-refractivity contribution in [2.75, 3.05) is 26.4 Å². The molecule has 6 nitrogen and oxygen atoms in total. The number of nitrogens with one attached hydrogen (secondary N) is 3. The van der Waals surface area contributed by atoms with E-state index in [2.05, 4.69) is 27.3 Å². The molecule has 3 N–H and O–H groups in total. The van der Waals surface area contributed by atoms with E-state index < -0.39 is 10.0 Å². The topological polar surface area (TPSA) is 82.6 Å². The molecular formula is C13H29IN4O2S. The van der Waals surface area contributed by atoms with Crippen LogP contribution in [0.15, 0.2) is 4.99 Å². The lowest BCUT2D eigenvalue weighted by Crippen LogP contribution is -2.46. The molecule has 0 unspecified atom stereocenters. The Morgan fingerprint density at radius 1 is 1.19 bits per heavy atom. The maximum Gasteiger partial charge on any atom is 0.208 e. The van der Waals surface area contributed by atoms with Gasteiger partial charge in [-0.1, -0.05) is 13.3 Å². The second-order valence-electron chi connectivity index (χ2n) is 5.44. The van der Waals surface area contributed by atoms with E-state index in [1.807, 2.05) is 0 Å². The van der Waals surface area contributed by atoms with Crippen LogP contribution in [0.3, 0.4) is 0 Å².